The van der Waals surface area contributed by atoms with Gasteiger partial charge in [-0.2, -0.15) is 0 Å². The van der Waals surface area contributed by atoms with Gasteiger partial charge in [-0.05, 0) is 55.1 Å². The Morgan fingerprint density at radius 1 is 1.35 bits per heavy atom. The first kappa shape index (κ1) is 15.5. The fraction of sp³-hybridized carbons (Fsp3) is 0.706. The van der Waals surface area contributed by atoms with Crippen molar-refractivity contribution in [3.63, 3.8) is 0 Å². The van der Waals surface area contributed by atoms with E-state index < -0.39 is 0 Å². The number of aromatic nitrogens is 1. The number of nitrogens with zero attached hydrogens (tertiary/aromatic N) is 1. The molecule has 0 amide bonds. The summed E-state index contributed by atoms with van der Waals surface area (Å²) in [4.78, 5) is 4.57. The first-order chi connectivity index (χ1) is 9.54. The molecule has 1 saturated carbocycles. The first-order valence-electron chi connectivity index (χ1n) is 7.94. The zero-order chi connectivity index (χ0) is 14.6. The lowest BCUT2D eigenvalue weighted by Crippen LogP contribution is -2.44. The third-order valence-electron chi connectivity index (χ3n) is 4.89. The molecule has 1 atom stereocenters. The molecule has 0 radical (unpaired) electrons. The van der Waals surface area contributed by atoms with Crippen molar-refractivity contribution in [3.05, 3.63) is 29.6 Å². The Balaban J connectivity index is 1.94. The van der Waals surface area contributed by atoms with Crippen molar-refractivity contribution in [2.45, 2.75) is 65.3 Å². The van der Waals surface area contributed by atoms with Crippen molar-refractivity contribution in [1.29, 1.82) is 0 Å². The predicted molar refractivity (Wildman–Crippen MR) is 84.2 cm³/mol. The molecular weight excluding hydrogens is 246 g/mol. The zero-order valence-electron chi connectivity index (χ0n) is 13.2. The van der Waals surface area contributed by atoms with Crippen LogP contribution in [-0.2, 0) is 12.8 Å². The molecule has 0 spiro atoms. The number of hydrogen-bond donors (Lipinski definition) is 2. The van der Waals surface area contributed by atoms with Crippen molar-refractivity contribution in [2.24, 2.45) is 17.2 Å². The van der Waals surface area contributed by atoms with Crippen LogP contribution in [0.5, 0.6) is 0 Å². The molecule has 0 aliphatic heterocycles. The van der Waals surface area contributed by atoms with Gasteiger partial charge < -0.3 is 0 Å². The van der Waals surface area contributed by atoms with Crippen LogP contribution in [0.1, 0.15) is 57.7 Å². The predicted octanol–water partition coefficient (Wildman–Crippen LogP) is 3.23. The second-order valence-corrected chi connectivity index (χ2v) is 6.99. The Bertz CT molecular complexity index is 401. The van der Waals surface area contributed by atoms with Crippen LogP contribution in [0.4, 0.5) is 0 Å². The average Bonchev–Trinajstić information content (AvgIpc) is 2.46. The summed E-state index contributed by atoms with van der Waals surface area (Å²) < 4.78 is 0. The minimum absolute atomic E-state index is 0.353. The van der Waals surface area contributed by atoms with Crippen molar-refractivity contribution in [2.75, 3.05) is 0 Å². The highest BCUT2D eigenvalue weighted by Gasteiger charge is 2.31. The summed E-state index contributed by atoms with van der Waals surface area (Å²) in [6.45, 7) is 6.91. The van der Waals surface area contributed by atoms with Gasteiger partial charge in [0.2, 0.25) is 0 Å². The summed E-state index contributed by atoms with van der Waals surface area (Å²) in [5, 5.41) is 0. The molecule has 0 aromatic carbocycles. The van der Waals surface area contributed by atoms with Gasteiger partial charge in [-0.15, -0.1) is 0 Å². The topological polar surface area (TPSA) is 50.9 Å². The van der Waals surface area contributed by atoms with Crippen LogP contribution in [0, 0.1) is 11.3 Å². The Morgan fingerprint density at radius 2 is 2.05 bits per heavy atom. The van der Waals surface area contributed by atoms with E-state index >= 15 is 0 Å². The van der Waals surface area contributed by atoms with Crippen LogP contribution in [0.25, 0.3) is 0 Å². The maximum Gasteiger partial charge on any atom is 0.0419 e. The van der Waals surface area contributed by atoms with Crippen molar-refractivity contribution < 1.29 is 0 Å². The molecule has 0 bridgehead atoms. The lowest BCUT2D eigenvalue weighted by atomic mass is 9.70. The summed E-state index contributed by atoms with van der Waals surface area (Å²) >= 11 is 0. The highest BCUT2D eigenvalue weighted by atomic mass is 15.2. The van der Waals surface area contributed by atoms with Gasteiger partial charge in [0.15, 0.2) is 0 Å². The van der Waals surface area contributed by atoms with Gasteiger partial charge in [0, 0.05) is 24.4 Å². The zero-order valence-corrected chi connectivity index (χ0v) is 13.2. The van der Waals surface area contributed by atoms with Crippen molar-refractivity contribution >= 4 is 0 Å². The van der Waals surface area contributed by atoms with Crippen LogP contribution in [0.3, 0.4) is 0 Å². The summed E-state index contributed by atoms with van der Waals surface area (Å²) in [6, 6.07) is 4.68. The largest absolute Gasteiger partial charge is 0.271 e. The van der Waals surface area contributed by atoms with E-state index in [1.54, 1.807) is 0 Å². The maximum atomic E-state index is 5.80. The van der Waals surface area contributed by atoms with Crippen LogP contribution in [0.15, 0.2) is 18.3 Å². The Labute approximate surface area is 123 Å². The number of aryl methyl sites for hydroxylation is 1. The Morgan fingerprint density at radius 3 is 2.55 bits per heavy atom. The van der Waals surface area contributed by atoms with Crippen LogP contribution >= 0.6 is 0 Å². The molecule has 3 heteroatoms. The minimum Gasteiger partial charge on any atom is -0.271 e. The van der Waals surface area contributed by atoms with Gasteiger partial charge in [0.1, 0.15) is 0 Å². The maximum absolute atomic E-state index is 5.80. The number of pyridine rings is 1. The van der Waals surface area contributed by atoms with E-state index in [1.165, 1.54) is 31.2 Å². The van der Waals surface area contributed by atoms with Gasteiger partial charge in [-0.3, -0.25) is 16.3 Å². The minimum atomic E-state index is 0.353. The molecular formula is C17H29N3. The molecule has 1 aromatic heterocycles. The van der Waals surface area contributed by atoms with Gasteiger partial charge >= 0.3 is 0 Å². The van der Waals surface area contributed by atoms with Crippen molar-refractivity contribution in [3.8, 4) is 0 Å². The summed E-state index contributed by atoms with van der Waals surface area (Å²) in [6.07, 6.45) is 9.13. The molecule has 1 aliphatic carbocycles. The van der Waals surface area contributed by atoms with Gasteiger partial charge in [0.05, 0.1) is 0 Å². The number of hydrazine groups is 1. The van der Waals surface area contributed by atoms with E-state index in [4.69, 9.17) is 5.84 Å². The Hall–Kier alpha value is -0.930. The highest BCUT2D eigenvalue weighted by Crippen LogP contribution is 2.39. The van der Waals surface area contributed by atoms with Crippen molar-refractivity contribution in [1.82, 2.24) is 10.4 Å². The van der Waals surface area contributed by atoms with Gasteiger partial charge in [-0.25, -0.2) is 0 Å². The second-order valence-electron chi connectivity index (χ2n) is 6.99. The highest BCUT2D eigenvalue weighted by molar-refractivity contribution is 5.15. The number of rotatable bonds is 5. The molecule has 1 heterocycles. The van der Waals surface area contributed by atoms with Crippen LogP contribution in [0.2, 0.25) is 0 Å². The second kappa shape index (κ2) is 6.68. The molecule has 20 heavy (non-hydrogen) atoms. The molecule has 112 valence electrons. The summed E-state index contributed by atoms with van der Waals surface area (Å²) in [7, 11) is 0. The average molecular weight is 275 g/mol. The Kier molecular flexibility index (Phi) is 5.17. The van der Waals surface area contributed by atoms with E-state index in [0.29, 0.717) is 17.4 Å². The smallest absolute Gasteiger partial charge is 0.0419 e. The van der Waals surface area contributed by atoms with E-state index in [-0.39, 0.29) is 0 Å². The SMILES string of the molecule is CCc1ccc(CC(NN)C2CCC(C)(C)CC2)nc1. The van der Waals surface area contributed by atoms with E-state index in [1.807, 2.05) is 6.20 Å². The standard InChI is InChI=1S/C17H29N3/c1-4-13-5-6-15(19-12-13)11-16(20-18)14-7-9-17(2,3)10-8-14/h5-6,12,14,16,20H,4,7-11,18H2,1-3H3. The molecule has 1 unspecified atom stereocenters. The molecule has 1 aromatic rings. The summed E-state index contributed by atoms with van der Waals surface area (Å²) in [5.74, 6) is 6.48. The van der Waals surface area contributed by atoms with Crippen LogP contribution < -0.4 is 11.3 Å². The number of nitrogens with one attached hydrogen (secondary N) is 1. The molecule has 3 nitrogen and oxygen atoms in total. The van der Waals surface area contributed by atoms with E-state index in [9.17, 15) is 0 Å². The van der Waals surface area contributed by atoms with E-state index in [0.717, 1.165) is 18.5 Å². The fourth-order valence-electron chi connectivity index (χ4n) is 3.20. The molecule has 3 N–H and O–H groups in total. The molecule has 1 aliphatic rings. The van der Waals surface area contributed by atoms with E-state index in [2.05, 4.69) is 43.3 Å². The molecule has 1 fully saturated rings. The third kappa shape index (κ3) is 4.03. The van der Waals surface area contributed by atoms with Crippen LogP contribution in [-0.4, -0.2) is 11.0 Å². The summed E-state index contributed by atoms with van der Waals surface area (Å²) in [5.41, 5.74) is 5.99. The number of hydrogen-bond acceptors (Lipinski definition) is 3. The fourth-order valence-corrected chi connectivity index (χ4v) is 3.20. The third-order valence-corrected chi connectivity index (χ3v) is 4.89. The normalized spacial score (nSPS) is 20.8. The lowest BCUT2D eigenvalue weighted by Gasteiger charge is -2.37. The molecule has 0 saturated heterocycles. The first-order valence-corrected chi connectivity index (χ1v) is 7.94. The number of nitrogens with two attached hydrogens (primary N) is 1. The quantitative estimate of drug-likeness (QED) is 0.641. The van der Waals surface area contributed by atoms with Gasteiger partial charge in [-0.1, -0.05) is 26.8 Å². The van der Waals surface area contributed by atoms with Gasteiger partial charge in [0.25, 0.3) is 0 Å². The lowest BCUT2D eigenvalue weighted by molar-refractivity contribution is 0.160. The molecule has 2 rings (SSSR count). The monoisotopic (exact) mass is 275 g/mol.